The highest BCUT2D eigenvalue weighted by Gasteiger charge is 2.14. The summed E-state index contributed by atoms with van der Waals surface area (Å²) in [5.74, 6) is -0.118. The first-order valence-electron chi connectivity index (χ1n) is 6.89. The molecule has 1 aromatic rings. The molecule has 0 aliphatic carbocycles. The van der Waals surface area contributed by atoms with Crippen LogP contribution < -0.4 is 10.6 Å². The topological polar surface area (TPSA) is 63.2 Å². The summed E-state index contributed by atoms with van der Waals surface area (Å²) in [5.41, 5.74) is 1.37. The minimum atomic E-state index is -0.118. The Balaban J connectivity index is 1.81. The summed E-state index contributed by atoms with van der Waals surface area (Å²) in [6.45, 7) is 4.36. The number of anilines is 1. The molecule has 1 amide bonds. The first-order valence-corrected chi connectivity index (χ1v) is 6.89. The molecule has 1 atom stereocenters. The van der Waals surface area contributed by atoms with Crippen molar-refractivity contribution in [3.8, 4) is 0 Å². The van der Waals surface area contributed by atoms with Gasteiger partial charge in [-0.3, -0.25) is 4.79 Å². The molecule has 19 heavy (non-hydrogen) atoms. The molecule has 0 bridgehead atoms. The predicted octanol–water partition coefficient (Wildman–Crippen LogP) is 1.81. The first-order chi connectivity index (χ1) is 9.29. The van der Waals surface area contributed by atoms with Crippen LogP contribution in [0.15, 0.2) is 18.3 Å². The van der Waals surface area contributed by atoms with Crippen molar-refractivity contribution in [1.82, 2.24) is 10.3 Å². The molecule has 5 heteroatoms. The first kappa shape index (κ1) is 13.8. The van der Waals surface area contributed by atoms with Gasteiger partial charge in [0.15, 0.2) is 0 Å². The third-order valence-corrected chi connectivity index (χ3v) is 3.09. The van der Waals surface area contributed by atoms with Gasteiger partial charge < -0.3 is 15.4 Å². The molecule has 1 aliphatic rings. The minimum Gasteiger partial charge on any atom is -0.381 e. The Hall–Kier alpha value is -1.62. The second kappa shape index (κ2) is 7.09. The second-order valence-electron chi connectivity index (χ2n) is 4.70. The summed E-state index contributed by atoms with van der Waals surface area (Å²) in [7, 11) is 0. The fraction of sp³-hybridized carbons (Fsp3) is 0.571. The molecule has 2 heterocycles. The van der Waals surface area contributed by atoms with Crippen LogP contribution in [0.1, 0.15) is 36.7 Å². The molecule has 1 aliphatic heterocycles. The van der Waals surface area contributed by atoms with Crippen molar-refractivity contribution in [2.45, 2.75) is 32.3 Å². The lowest BCUT2D eigenvalue weighted by atomic mass is 10.2. The third-order valence-electron chi connectivity index (χ3n) is 3.09. The van der Waals surface area contributed by atoms with Crippen LogP contribution in [0.5, 0.6) is 0 Å². The second-order valence-corrected chi connectivity index (χ2v) is 4.70. The monoisotopic (exact) mass is 263 g/mol. The van der Waals surface area contributed by atoms with Gasteiger partial charge in [0.1, 0.15) is 5.69 Å². The maximum atomic E-state index is 11.7. The average molecular weight is 263 g/mol. The minimum absolute atomic E-state index is 0.118. The van der Waals surface area contributed by atoms with E-state index in [2.05, 4.69) is 15.6 Å². The van der Waals surface area contributed by atoms with E-state index in [4.69, 9.17) is 4.74 Å². The van der Waals surface area contributed by atoms with Crippen molar-refractivity contribution in [2.75, 3.05) is 25.0 Å². The highest BCUT2D eigenvalue weighted by molar-refractivity contribution is 5.92. The van der Waals surface area contributed by atoms with Gasteiger partial charge in [-0.1, -0.05) is 6.92 Å². The quantitative estimate of drug-likeness (QED) is 0.821. The number of ether oxygens (including phenoxy) is 1. The maximum Gasteiger partial charge on any atom is 0.269 e. The molecule has 2 rings (SSSR count). The van der Waals surface area contributed by atoms with Gasteiger partial charge in [-0.15, -0.1) is 0 Å². The molecule has 1 fully saturated rings. The van der Waals surface area contributed by atoms with Gasteiger partial charge in [0.2, 0.25) is 0 Å². The van der Waals surface area contributed by atoms with Gasteiger partial charge >= 0.3 is 0 Å². The lowest BCUT2D eigenvalue weighted by Gasteiger charge is -2.11. The van der Waals surface area contributed by atoms with Crippen LogP contribution in [0, 0.1) is 0 Å². The number of hydrogen-bond acceptors (Lipinski definition) is 4. The Kier molecular flexibility index (Phi) is 5.15. The highest BCUT2D eigenvalue weighted by atomic mass is 16.5. The third kappa shape index (κ3) is 4.21. The Morgan fingerprint density at radius 3 is 3.05 bits per heavy atom. The summed E-state index contributed by atoms with van der Waals surface area (Å²) in [6.07, 6.45) is 5.16. The van der Waals surface area contributed by atoms with Gasteiger partial charge in [0.05, 0.1) is 18.0 Å². The molecular formula is C14H21N3O2. The molecule has 0 saturated carbocycles. The van der Waals surface area contributed by atoms with Gasteiger partial charge in [-0.25, -0.2) is 4.98 Å². The van der Waals surface area contributed by atoms with E-state index in [1.54, 1.807) is 12.3 Å². The van der Waals surface area contributed by atoms with Gasteiger partial charge in [0, 0.05) is 19.7 Å². The number of nitrogens with zero attached hydrogens (tertiary/aromatic N) is 1. The molecular weight excluding hydrogens is 242 g/mol. The van der Waals surface area contributed by atoms with Crippen LogP contribution >= 0.6 is 0 Å². The van der Waals surface area contributed by atoms with Crippen LogP contribution in [0.2, 0.25) is 0 Å². The van der Waals surface area contributed by atoms with Gasteiger partial charge in [-0.2, -0.15) is 0 Å². The zero-order valence-electron chi connectivity index (χ0n) is 11.3. The summed E-state index contributed by atoms with van der Waals surface area (Å²) >= 11 is 0. The van der Waals surface area contributed by atoms with Crippen molar-refractivity contribution < 1.29 is 9.53 Å². The maximum absolute atomic E-state index is 11.7. The molecule has 1 unspecified atom stereocenters. The number of rotatable bonds is 6. The number of carbonyl (C=O) groups is 1. The summed E-state index contributed by atoms with van der Waals surface area (Å²) in [4.78, 5) is 15.8. The van der Waals surface area contributed by atoms with E-state index in [0.29, 0.717) is 18.3 Å². The molecule has 5 nitrogen and oxygen atoms in total. The molecule has 1 aromatic heterocycles. The van der Waals surface area contributed by atoms with Gasteiger partial charge in [-0.05, 0) is 31.4 Å². The van der Waals surface area contributed by atoms with E-state index in [0.717, 1.165) is 38.1 Å². The SMILES string of the molecule is CCCNC(=O)c1ccc(NCC2CCCO2)cn1. The van der Waals surface area contributed by atoms with E-state index in [1.165, 1.54) is 0 Å². The van der Waals surface area contributed by atoms with Crippen molar-refractivity contribution in [2.24, 2.45) is 0 Å². The smallest absolute Gasteiger partial charge is 0.269 e. The van der Waals surface area contributed by atoms with Crippen LogP contribution in [-0.4, -0.2) is 36.7 Å². The van der Waals surface area contributed by atoms with Crippen LogP contribution in [0.25, 0.3) is 0 Å². The van der Waals surface area contributed by atoms with Crippen LogP contribution in [0.4, 0.5) is 5.69 Å². The predicted molar refractivity (Wildman–Crippen MR) is 74.3 cm³/mol. The molecule has 1 saturated heterocycles. The molecule has 0 spiro atoms. The molecule has 0 aromatic carbocycles. The Bertz CT molecular complexity index is 400. The van der Waals surface area contributed by atoms with E-state index in [9.17, 15) is 4.79 Å². The number of carbonyl (C=O) groups excluding carboxylic acids is 1. The zero-order chi connectivity index (χ0) is 13.5. The van der Waals surface area contributed by atoms with E-state index in [-0.39, 0.29) is 5.91 Å². The summed E-state index contributed by atoms with van der Waals surface area (Å²) < 4.78 is 5.53. The number of nitrogens with one attached hydrogen (secondary N) is 2. The summed E-state index contributed by atoms with van der Waals surface area (Å²) in [5, 5.41) is 6.08. The van der Waals surface area contributed by atoms with Crippen molar-refractivity contribution >= 4 is 11.6 Å². The standard InChI is InChI=1S/C14H21N3O2/c1-2-7-15-14(18)13-6-5-11(9-17-13)16-10-12-4-3-8-19-12/h5-6,9,12,16H,2-4,7-8,10H2,1H3,(H,15,18). The van der Waals surface area contributed by atoms with Crippen molar-refractivity contribution in [3.63, 3.8) is 0 Å². The molecule has 2 N–H and O–H groups in total. The van der Waals surface area contributed by atoms with Crippen molar-refractivity contribution in [1.29, 1.82) is 0 Å². The average Bonchev–Trinajstić information content (AvgIpc) is 2.96. The summed E-state index contributed by atoms with van der Waals surface area (Å²) in [6, 6.07) is 3.62. The van der Waals surface area contributed by atoms with Crippen molar-refractivity contribution in [3.05, 3.63) is 24.0 Å². The fourth-order valence-corrected chi connectivity index (χ4v) is 2.00. The largest absolute Gasteiger partial charge is 0.381 e. The Labute approximate surface area is 113 Å². The van der Waals surface area contributed by atoms with E-state index < -0.39 is 0 Å². The normalized spacial score (nSPS) is 18.3. The fourth-order valence-electron chi connectivity index (χ4n) is 2.00. The number of amides is 1. The highest BCUT2D eigenvalue weighted by Crippen LogP contribution is 2.13. The van der Waals surface area contributed by atoms with Crippen LogP contribution in [0.3, 0.4) is 0 Å². The zero-order valence-corrected chi connectivity index (χ0v) is 11.3. The Morgan fingerprint density at radius 1 is 1.53 bits per heavy atom. The number of pyridine rings is 1. The molecule has 0 radical (unpaired) electrons. The van der Waals surface area contributed by atoms with E-state index >= 15 is 0 Å². The Morgan fingerprint density at radius 2 is 2.42 bits per heavy atom. The lowest BCUT2D eigenvalue weighted by molar-refractivity contribution is 0.0948. The number of hydrogen-bond donors (Lipinski definition) is 2. The molecule has 104 valence electrons. The number of aromatic nitrogens is 1. The van der Waals surface area contributed by atoms with Crippen LogP contribution in [-0.2, 0) is 4.74 Å². The lowest BCUT2D eigenvalue weighted by Crippen LogP contribution is -2.25. The van der Waals surface area contributed by atoms with Gasteiger partial charge in [0.25, 0.3) is 5.91 Å². The van der Waals surface area contributed by atoms with E-state index in [1.807, 2.05) is 13.0 Å².